The van der Waals surface area contributed by atoms with Crippen LogP contribution in [-0.4, -0.2) is 5.78 Å². The van der Waals surface area contributed by atoms with E-state index in [9.17, 15) is 18.0 Å². The summed E-state index contributed by atoms with van der Waals surface area (Å²) < 4.78 is 39.5. The van der Waals surface area contributed by atoms with Crippen molar-refractivity contribution in [2.24, 2.45) is 0 Å². The summed E-state index contributed by atoms with van der Waals surface area (Å²) in [6, 6.07) is 6.71. The Balaban J connectivity index is 2.53. The fourth-order valence-electron chi connectivity index (χ4n) is 1.96. The van der Waals surface area contributed by atoms with Crippen molar-refractivity contribution in [3.05, 3.63) is 70.0 Å². The number of carbonyl (C=O) groups is 1. The number of ketones is 1. The lowest BCUT2D eigenvalue weighted by Crippen LogP contribution is -2.07. The van der Waals surface area contributed by atoms with Gasteiger partial charge < -0.3 is 0 Å². The zero-order valence-electron chi connectivity index (χ0n) is 10.4. The molecule has 0 saturated heterocycles. The van der Waals surface area contributed by atoms with Gasteiger partial charge in [0.15, 0.2) is 23.2 Å². The van der Waals surface area contributed by atoms with Crippen LogP contribution in [0.25, 0.3) is 0 Å². The topological polar surface area (TPSA) is 17.1 Å². The van der Waals surface area contributed by atoms with Crippen LogP contribution in [0, 0.1) is 31.3 Å². The highest BCUT2D eigenvalue weighted by Crippen LogP contribution is 2.20. The van der Waals surface area contributed by atoms with Gasteiger partial charge in [-0.1, -0.05) is 17.2 Å². The molecule has 0 heterocycles. The van der Waals surface area contributed by atoms with Gasteiger partial charge in [0.1, 0.15) is 0 Å². The molecule has 0 N–H and O–H groups in total. The first-order chi connectivity index (χ1) is 8.90. The van der Waals surface area contributed by atoms with Crippen molar-refractivity contribution in [2.75, 3.05) is 0 Å². The molecule has 0 saturated carbocycles. The molecule has 0 aliphatic carbocycles. The number of hydrogen-bond acceptors (Lipinski definition) is 1. The molecule has 0 radical (unpaired) electrons. The third kappa shape index (κ3) is 2.52. The third-order valence-electron chi connectivity index (χ3n) is 2.76. The van der Waals surface area contributed by atoms with E-state index in [0.717, 1.165) is 23.3 Å². The summed E-state index contributed by atoms with van der Waals surface area (Å²) in [5.74, 6) is -5.06. The average molecular weight is 264 g/mol. The monoisotopic (exact) mass is 264 g/mol. The van der Waals surface area contributed by atoms with Gasteiger partial charge in [0.25, 0.3) is 0 Å². The Labute approximate surface area is 108 Å². The molecule has 0 aliphatic rings. The highest BCUT2D eigenvalue weighted by molar-refractivity contribution is 6.09. The van der Waals surface area contributed by atoms with E-state index >= 15 is 0 Å². The van der Waals surface area contributed by atoms with Crippen LogP contribution in [0.1, 0.15) is 27.0 Å². The van der Waals surface area contributed by atoms with E-state index in [-0.39, 0.29) is 5.56 Å². The van der Waals surface area contributed by atoms with Crippen molar-refractivity contribution >= 4 is 5.78 Å². The maximum absolute atomic E-state index is 13.6. The molecule has 2 aromatic carbocycles. The second-order valence-electron chi connectivity index (χ2n) is 4.43. The first kappa shape index (κ1) is 13.3. The van der Waals surface area contributed by atoms with Crippen LogP contribution in [0.15, 0.2) is 30.3 Å². The molecule has 0 bridgehead atoms. The van der Waals surface area contributed by atoms with Crippen LogP contribution in [-0.2, 0) is 0 Å². The first-order valence-corrected chi connectivity index (χ1v) is 5.66. The molecule has 19 heavy (non-hydrogen) atoms. The maximum Gasteiger partial charge on any atom is 0.196 e. The van der Waals surface area contributed by atoms with Crippen molar-refractivity contribution in [2.45, 2.75) is 13.8 Å². The predicted octanol–water partition coefficient (Wildman–Crippen LogP) is 3.95. The minimum absolute atomic E-state index is 0.252. The van der Waals surface area contributed by atoms with Crippen LogP contribution in [0.3, 0.4) is 0 Å². The summed E-state index contributed by atoms with van der Waals surface area (Å²) in [7, 11) is 0. The van der Waals surface area contributed by atoms with E-state index in [1.165, 1.54) is 0 Å². The molecule has 98 valence electrons. The van der Waals surface area contributed by atoms with Gasteiger partial charge in [0.2, 0.25) is 0 Å². The molecule has 0 fully saturated rings. The van der Waals surface area contributed by atoms with E-state index in [0.29, 0.717) is 0 Å². The lowest BCUT2D eigenvalue weighted by molar-refractivity contribution is 0.103. The Kier molecular flexibility index (Phi) is 3.42. The van der Waals surface area contributed by atoms with Crippen LogP contribution in [0.4, 0.5) is 13.2 Å². The van der Waals surface area contributed by atoms with E-state index in [1.54, 1.807) is 26.0 Å². The summed E-state index contributed by atoms with van der Waals surface area (Å²) in [4.78, 5) is 12.1. The molecule has 0 spiro atoms. The first-order valence-electron chi connectivity index (χ1n) is 5.66. The number of hydrogen-bond donors (Lipinski definition) is 0. The highest BCUT2D eigenvalue weighted by atomic mass is 19.2. The van der Waals surface area contributed by atoms with Crippen molar-refractivity contribution in [1.82, 2.24) is 0 Å². The van der Waals surface area contributed by atoms with Gasteiger partial charge in [-0.05, 0) is 38.1 Å². The van der Waals surface area contributed by atoms with Gasteiger partial charge in [-0.2, -0.15) is 0 Å². The second kappa shape index (κ2) is 4.88. The molecule has 1 nitrogen and oxygen atoms in total. The molecular formula is C15H11F3O. The Bertz CT molecular complexity index is 642. The normalized spacial score (nSPS) is 10.6. The van der Waals surface area contributed by atoms with Gasteiger partial charge in [-0.3, -0.25) is 4.79 Å². The standard InChI is InChI=1S/C15H11F3O/c1-8-5-9(2)7-10(6-8)15(19)11-3-4-12(16)14(18)13(11)17/h3-7H,1-2H3. The van der Waals surface area contributed by atoms with Gasteiger partial charge in [0, 0.05) is 5.56 Å². The lowest BCUT2D eigenvalue weighted by atomic mass is 9.99. The van der Waals surface area contributed by atoms with Gasteiger partial charge in [0.05, 0.1) is 5.56 Å². The number of carbonyl (C=O) groups excluding carboxylic acids is 1. The fourth-order valence-corrected chi connectivity index (χ4v) is 1.96. The number of benzene rings is 2. The smallest absolute Gasteiger partial charge is 0.196 e. The SMILES string of the molecule is Cc1cc(C)cc(C(=O)c2ccc(F)c(F)c2F)c1. The molecule has 0 atom stereocenters. The van der Waals surface area contributed by atoms with Gasteiger partial charge in [-0.25, -0.2) is 13.2 Å². The summed E-state index contributed by atoms with van der Waals surface area (Å²) in [6.45, 7) is 3.59. The van der Waals surface area contributed by atoms with Crippen LogP contribution in [0.5, 0.6) is 0 Å². The minimum Gasteiger partial charge on any atom is -0.288 e. The molecule has 0 unspecified atom stereocenters. The van der Waals surface area contributed by atoms with E-state index in [1.807, 2.05) is 6.07 Å². The van der Waals surface area contributed by atoms with Gasteiger partial charge in [-0.15, -0.1) is 0 Å². The maximum atomic E-state index is 13.6. The van der Waals surface area contributed by atoms with Crippen LogP contribution >= 0.6 is 0 Å². The van der Waals surface area contributed by atoms with Crippen LogP contribution in [0.2, 0.25) is 0 Å². The zero-order valence-corrected chi connectivity index (χ0v) is 10.4. The summed E-state index contributed by atoms with van der Waals surface area (Å²) in [6.07, 6.45) is 0. The largest absolute Gasteiger partial charge is 0.288 e. The van der Waals surface area contributed by atoms with Gasteiger partial charge >= 0.3 is 0 Å². The highest BCUT2D eigenvalue weighted by Gasteiger charge is 2.20. The second-order valence-corrected chi connectivity index (χ2v) is 4.43. The van der Waals surface area contributed by atoms with E-state index in [2.05, 4.69) is 0 Å². The molecule has 4 heteroatoms. The Morgan fingerprint density at radius 2 is 1.47 bits per heavy atom. The van der Waals surface area contributed by atoms with E-state index < -0.39 is 28.8 Å². The summed E-state index contributed by atoms with van der Waals surface area (Å²) in [5.41, 5.74) is 1.46. The van der Waals surface area contributed by atoms with Crippen molar-refractivity contribution in [3.63, 3.8) is 0 Å². The quantitative estimate of drug-likeness (QED) is 0.593. The molecule has 0 amide bonds. The minimum atomic E-state index is -1.63. The molecular weight excluding hydrogens is 253 g/mol. The van der Waals surface area contributed by atoms with Crippen molar-refractivity contribution in [1.29, 1.82) is 0 Å². The molecule has 0 aliphatic heterocycles. The third-order valence-corrected chi connectivity index (χ3v) is 2.76. The number of aryl methyl sites for hydroxylation is 2. The number of halogens is 3. The van der Waals surface area contributed by atoms with E-state index in [4.69, 9.17) is 0 Å². The Morgan fingerprint density at radius 3 is 2.05 bits per heavy atom. The zero-order chi connectivity index (χ0) is 14.2. The fraction of sp³-hybridized carbons (Fsp3) is 0.133. The Hall–Kier alpha value is -2.10. The lowest BCUT2D eigenvalue weighted by Gasteiger charge is -2.06. The molecule has 2 aromatic rings. The van der Waals surface area contributed by atoms with Crippen LogP contribution < -0.4 is 0 Å². The molecule has 2 rings (SSSR count). The summed E-state index contributed by atoms with van der Waals surface area (Å²) >= 11 is 0. The average Bonchev–Trinajstić information content (AvgIpc) is 2.34. The number of rotatable bonds is 2. The predicted molar refractivity (Wildman–Crippen MR) is 65.7 cm³/mol. The summed E-state index contributed by atoms with van der Waals surface area (Å²) in [5, 5.41) is 0. The Morgan fingerprint density at radius 1 is 0.895 bits per heavy atom. The molecule has 0 aromatic heterocycles. The van der Waals surface area contributed by atoms with Crippen molar-refractivity contribution in [3.8, 4) is 0 Å². The van der Waals surface area contributed by atoms with Crippen molar-refractivity contribution < 1.29 is 18.0 Å².